The number of aromatic nitrogens is 2. The number of hydrogen-bond donors (Lipinski definition) is 1. The van der Waals surface area contributed by atoms with Gasteiger partial charge in [-0.2, -0.15) is 0 Å². The molecule has 5 heteroatoms. The Morgan fingerprint density at radius 2 is 2.04 bits per heavy atom. The minimum Gasteiger partial charge on any atom is -0.387 e. The van der Waals surface area contributed by atoms with Crippen LogP contribution in [0.5, 0.6) is 0 Å². The molecule has 1 aromatic carbocycles. The highest BCUT2D eigenvalue weighted by Crippen LogP contribution is 2.46. The zero-order valence-corrected chi connectivity index (χ0v) is 15.5. The molecule has 0 aliphatic carbocycles. The normalized spacial score (nSPS) is 23.3. The minimum atomic E-state index is -0.558. The van der Waals surface area contributed by atoms with Crippen LogP contribution in [0.15, 0.2) is 42.7 Å². The Hall–Kier alpha value is -1.88. The number of nitrogens with zero attached hydrogens (tertiary/aromatic N) is 3. The maximum atomic E-state index is 10.9. The fourth-order valence-electron chi connectivity index (χ4n) is 4.87. The number of rotatable bonds is 3. The summed E-state index contributed by atoms with van der Waals surface area (Å²) in [7, 11) is 2.24. The molecule has 0 spiro atoms. The lowest BCUT2D eigenvalue weighted by atomic mass is 9.98. The number of pyridine rings is 1. The Balaban J connectivity index is 1.60. The van der Waals surface area contributed by atoms with E-state index in [1.54, 1.807) is 0 Å². The van der Waals surface area contributed by atoms with Crippen molar-refractivity contribution in [1.29, 1.82) is 0 Å². The Morgan fingerprint density at radius 1 is 1.23 bits per heavy atom. The summed E-state index contributed by atoms with van der Waals surface area (Å²) in [6.45, 7) is 0.556. The van der Waals surface area contributed by atoms with Crippen LogP contribution < -0.4 is 0 Å². The van der Waals surface area contributed by atoms with Crippen LogP contribution in [0.3, 0.4) is 0 Å². The van der Waals surface area contributed by atoms with Crippen LogP contribution in [0.1, 0.15) is 41.8 Å². The molecular weight excluding hydrogens is 346 g/mol. The summed E-state index contributed by atoms with van der Waals surface area (Å²) in [6, 6.07) is 10.6. The quantitative estimate of drug-likeness (QED) is 0.757. The molecule has 3 aromatic rings. The summed E-state index contributed by atoms with van der Waals surface area (Å²) in [5.41, 5.74) is 4.88. The van der Waals surface area contributed by atoms with Crippen LogP contribution in [0.4, 0.5) is 0 Å². The fourth-order valence-corrected chi connectivity index (χ4v) is 5.00. The number of hydrogen-bond acceptors (Lipinski definition) is 3. The zero-order valence-electron chi connectivity index (χ0n) is 14.8. The standard InChI is InChI=1S/C21H22ClN3O/c1-24-15-6-7-18(24)21-16-11-23-9-8-17(16)25(19(21)10-15)12-20(26)13-2-4-14(22)5-3-13/h2-5,8-9,11,15,18,20,26H,6-7,10,12H2,1H3. The van der Waals surface area contributed by atoms with Gasteiger partial charge in [0.2, 0.25) is 0 Å². The van der Waals surface area contributed by atoms with E-state index in [2.05, 4.69) is 27.6 Å². The number of benzene rings is 1. The number of aliphatic hydroxyl groups excluding tert-OH is 1. The third kappa shape index (κ3) is 2.40. The van der Waals surface area contributed by atoms with Gasteiger partial charge in [-0.1, -0.05) is 23.7 Å². The second-order valence-corrected chi connectivity index (χ2v) is 7.98. The van der Waals surface area contributed by atoms with E-state index in [1.807, 2.05) is 36.7 Å². The second-order valence-electron chi connectivity index (χ2n) is 7.55. The number of halogens is 1. The lowest BCUT2D eigenvalue weighted by Gasteiger charge is -2.32. The van der Waals surface area contributed by atoms with Crippen molar-refractivity contribution in [3.8, 4) is 0 Å². The molecule has 3 unspecified atom stereocenters. The van der Waals surface area contributed by atoms with Gasteiger partial charge < -0.3 is 9.67 Å². The molecule has 5 rings (SSSR count). The van der Waals surface area contributed by atoms with Crippen LogP contribution in [-0.4, -0.2) is 32.6 Å². The maximum Gasteiger partial charge on any atom is 0.0969 e. The summed E-state index contributed by atoms with van der Waals surface area (Å²) in [4.78, 5) is 6.90. The highest BCUT2D eigenvalue weighted by molar-refractivity contribution is 6.30. The van der Waals surface area contributed by atoms with E-state index >= 15 is 0 Å². The van der Waals surface area contributed by atoms with Gasteiger partial charge in [0.15, 0.2) is 0 Å². The molecule has 2 aliphatic heterocycles. The predicted octanol–water partition coefficient (Wildman–Crippen LogP) is 4.11. The summed E-state index contributed by atoms with van der Waals surface area (Å²) in [6.07, 6.45) is 6.79. The fraction of sp³-hybridized carbons (Fsp3) is 0.381. The summed E-state index contributed by atoms with van der Waals surface area (Å²) >= 11 is 5.99. The van der Waals surface area contributed by atoms with Crippen molar-refractivity contribution in [2.45, 2.75) is 44.0 Å². The van der Waals surface area contributed by atoms with Crippen molar-refractivity contribution in [2.24, 2.45) is 0 Å². The molecule has 134 valence electrons. The smallest absolute Gasteiger partial charge is 0.0969 e. The summed E-state index contributed by atoms with van der Waals surface area (Å²) < 4.78 is 2.32. The van der Waals surface area contributed by atoms with Gasteiger partial charge in [-0.25, -0.2) is 0 Å². The van der Waals surface area contributed by atoms with Crippen molar-refractivity contribution in [1.82, 2.24) is 14.5 Å². The van der Waals surface area contributed by atoms with Gasteiger partial charge >= 0.3 is 0 Å². The SMILES string of the molecule is CN1C2CCC1c1c(n(CC(O)c3ccc(Cl)cc3)c3ccncc13)C2. The number of likely N-dealkylation sites (N-methyl/N-ethyl adjacent to an activating group) is 1. The van der Waals surface area contributed by atoms with E-state index in [4.69, 9.17) is 11.6 Å². The second kappa shape index (κ2) is 6.08. The van der Waals surface area contributed by atoms with Gasteiger partial charge in [-0.3, -0.25) is 9.88 Å². The molecule has 1 saturated heterocycles. The third-order valence-electron chi connectivity index (χ3n) is 6.23. The molecule has 1 N–H and O–H groups in total. The van der Waals surface area contributed by atoms with Crippen LogP contribution in [0, 0.1) is 0 Å². The first-order valence-corrected chi connectivity index (χ1v) is 9.61. The van der Waals surface area contributed by atoms with E-state index in [1.165, 1.54) is 35.0 Å². The van der Waals surface area contributed by atoms with Crippen LogP contribution >= 0.6 is 11.6 Å². The Kier molecular flexibility index (Phi) is 3.82. The lowest BCUT2D eigenvalue weighted by molar-refractivity contribution is 0.154. The van der Waals surface area contributed by atoms with Gasteiger partial charge in [-0.05, 0) is 49.2 Å². The monoisotopic (exact) mass is 367 g/mol. The average Bonchev–Trinajstić information content (AvgIpc) is 3.07. The van der Waals surface area contributed by atoms with Crippen molar-refractivity contribution in [3.63, 3.8) is 0 Å². The van der Waals surface area contributed by atoms with Crippen molar-refractivity contribution in [3.05, 3.63) is 64.6 Å². The highest BCUT2D eigenvalue weighted by Gasteiger charge is 2.40. The molecular formula is C21H22ClN3O. The minimum absolute atomic E-state index is 0.476. The number of fused-ring (bicyclic) bond motifs is 6. The van der Waals surface area contributed by atoms with E-state index in [0.29, 0.717) is 23.7 Å². The van der Waals surface area contributed by atoms with E-state index in [0.717, 1.165) is 12.0 Å². The predicted molar refractivity (Wildman–Crippen MR) is 103 cm³/mol. The van der Waals surface area contributed by atoms with E-state index in [-0.39, 0.29) is 0 Å². The van der Waals surface area contributed by atoms with Crippen molar-refractivity contribution in [2.75, 3.05) is 7.05 Å². The van der Waals surface area contributed by atoms with Gasteiger partial charge in [0.25, 0.3) is 0 Å². The van der Waals surface area contributed by atoms with E-state index < -0.39 is 6.10 Å². The molecule has 1 fully saturated rings. The Bertz CT molecular complexity index is 965. The van der Waals surface area contributed by atoms with Crippen LogP contribution in [-0.2, 0) is 13.0 Å². The molecule has 26 heavy (non-hydrogen) atoms. The van der Waals surface area contributed by atoms with Gasteiger partial charge in [0.1, 0.15) is 0 Å². The molecule has 0 radical (unpaired) electrons. The molecule has 4 heterocycles. The van der Waals surface area contributed by atoms with Gasteiger partial charge in [0, 0.05) is 47.0 Å². The zero-order chi connectivity index (χ0) is 17.8. The molecule has 3 atom stereocenters. The lowest BCUT2D eigenvalue weighted by Crippen LogP contribution is -2.34. The Morgan fingerprint density at radius 3 is 2.85 bits per heavy atom. The molecule has 2 bridgehead atoms. The average molecular weight is 368 g/mol. The van der Waals surface area contributed by atoms with Gasteiger partial charge in [0.05, 0.1) is 18.2 Å². The summed E-state index contributed by atoms with van der Waals surface area (Å²) in [5.74, 6) is 0. The topological polar surface area (TPSA) is 41.3 Å². The molecule has 0 saturated carbocycles. The molecule has 0 amide bonds. The van der Waals surface area contributed by atoms with Crippen molar-refractivity contribution >= 4 is 22.5 Å². The first-order chi connectivity index (χ1) is 12.6. The highest BCUT2D eigenvalue weighted by atomic mass is 35.5. The van der Waals surface area contributed by atoms with Gasteiger partial charge in [-0.15, -0.1) is 0 Å². The largest absolute Gasteiger partial charge is 0.387 e. The molecule has 4 nitrogen and oxygen atoms in total. The first-order valence-electron chi connectivity index (χ1n) is 9.24. The van der Waals surface area contributed by atoms with Crippen LogP contribution in [0.25, 0.3) is 10.9 Å². The number of aliphatic hydroxyl groups is 1. The molecule has 2 aromatic heterocycles. The first kappa shape index (κ1) is 16.3. The maximum absolute atomic E-state index is 10.9. The summed E-state index contributed by atoms with van der Waals surface area (Å²) in [5, 5.41) is 12.8. The van der Waals surface area contributed by atoms with Crippen molar-refractivity contribution < 1.29 is 5.11 Å². The van der Waals surface area contributed by atoms with E-state index in [9.17, 15) is 5.11 Å². The third-order valence-corrected chi connectivity index (χ3v) is 6.48. The van der Waals surface area contributed by atoms with Crippen LogP contribution in [0.2, 0.25) is 5.02 Å². The molecule has 2 aliphatic rings. The Labute approximate surface area is 158 Å².